The van der Waals surface area contributed by atoms with Gasteiger partial charge < -0.3 is 9.32 Å². The minimum atomic E-state index is -3.82. The van der Waals surface area contributed by atoms with Crippen LogP contribution in [-0.2, 0) is 16.6 Å². The maximum Gasteiger partial charge on any atom is 0.289 e. The first-order valence-electron chi connectivity index (χ1n) is 10.7. The van der Waals surface area contributed by atoms with Gasteiger partial charge in [0, 0.05) is 38.3 Å². The molecule has 4 rings (SSSR count). The minimum Gasteiger partial charge on any atom is -0.438 e. The SMILES string of the molecule is CC(C)(C)NS(=O)(=O)c1ccc(C(=O)N2CCN(Cc3cccc4ccccc34)CC2)o1. The van der Waals surface area contributed by atoms with Gasteiger partial charge in [-0.15, -0.1) is 0 Å². The largest absolute Gasteiger partial charge is 0.438 e. The predicted octanol–water partition coefficient (Wildman–Crippen LogP) is 3.47. The van der Waals surface area contributed by atoms with Crippen LogP contribution >= 0.6 is 0 Å². The lowest BCUT2D eigenvalue weighted by atomic mass is 10.0. The molecule has 1 aliphatic rings. The molecule has 7 nitrogen and oxygen atoms in total. The van der Waals surface area contributed by atoms with Crippen molar-refractivity contribution in [2.24, 2.45) is 0 Å². The fourth-order valence-electron chi connectivity index (χ4n) is 3.97. The number of fused-ring (bicyclic) bond motifs is 1. The Hall–Kier alpha value is -2.68. The molecule has 1 N–H and O–H groups in total. The number of amides is 1. The summed E-state index contributed by atoms with van der Waals surface area (Å²) in [6, 6.07) is 17.5. The molecule has 2 heterocycles. The molecular weight excluding hydrogens is 426 g/mol. The molecule has 0 radical (unpaired) electrons. The lowest BCUT2D eigenvalue weighted by molar-refractivity contribution is 0.0593. The van der Waals surface area contributed by atoms with Crippen LogP contribution in [0.25, 0.3) is 10.8 Å². The van der Waals surface area contributed by atoms with Crippen LogP contribution in [0, 0.1) is 0 Å². The van der Waals surface area contributed by atoms with E-state index in [2.05, 4.69) is 46.0 Å². The fraction of sp³-hybridized carbons (Fsp3) is 0.375. The molecule has 170 valence electrons. The second-order valence-corrected chi connectivity index (χ2v) is 10.8. The van der Waals surface area contributed by atoms with Crippen molar-refractivity contribution in [2.75, 3.05) is 26.2 Å². The second-order valence-electron chi connectivity index (χ2n) is 9.18. The van der Waals surface area contributed by atoms with Gasteiger partial charge in [-0.1, -0.05) is 42.5 Å². The van der Waals surface area contributed by atoms with Crippen LogP contribution in [-0.4, -0.2) is 55.8 Å². The van der Waals surface area contributed by atoms with Gasteiger partial charge in [-0.25, -0.2) is 13.1 Å². The third-order valence-corrected chi connectivity index (χ3v) is 7.06. The normalized spacial score (nSPS) is 15.9. The summed E-state index contributed by atoms with van der Waals surface area (Å²) >= 11 is 0. The van der Waals surface area contributed by atoms with Gasteiger partial charge in [0.15, 0.2) is 5.76 Å². The Labute approximate surface area is 189 Å². The molecule has 0 aliphatic carbocycles. The van der Waals surface area contributed by atoms with Crippen LogP contribution in [0.1, 0.15) is 36.9 Å². The van der Waals surface area contributed by atoms with Crippen molar-refractivity contribution in [1.29, 1.82) is 0 Å². The molecule has 0 atom stereocenters. The minimum absolute atomic E-state index is 0.0433. The molecule has 1 aromatic heterocycles. The first-order valence-corrected chi connectivity index (χ1v) is 12.2. The van der Waals surface area contributed by atoms with Gasteiger partial charge in [0.2, 0.25) is 5.09 Å². The number of nitrogens with one attached hydrogen (secondary N) is 1. The summed E-state index contributed by atoms with van der Waals surface area (Å²) in [7, 11) is -3.82. The Balaban J connectivity index is 1.38. The van der Waals surface area contributed by atoms with Crippen LogP contribution in [0.3, 0.4) is 0 Å². The smallest absolute Gasteiger partial charge is 0.289 e. The van der Waals surface area contributed by atoms with Crippen LogP contribution in [0.15, 0.2) is 64.1 Å². The number of sulfonamides is 1. The summed E-state index contributed by atoms with van der Waals surface area (Å²) < 4.78 is 32.8. The van der Waals surface area contributed by atoms with E-state index in [9.17, 15) is 13.2 Å². The van der Waals surface area contributed by atoms with E-state index in [1.807, 2.05) is 6.07 Å². The summed E-state index contributed by atoms with van der Waals surface area (Å²) in [5, 5.41) is 2.23. The van der Waals surface area contributed by atoms with Crippen LogP contribution in [0.4, 0.5) is 0 Å². The van der Waals surface area contributed by atoms with E-state index in [1.165, 1.54) is 28.5 Å². The second kappa shape index (κ2) is 8.69. The summed E-state index contributed by atoms with van der Waals surface area (Å²) in [5.41, 5.74) is 0.631. The van der Waals surface area contributed by atoms with Gasteiger partial charge in [0.05, 0.1) is 0 Å². The third-order valence-electron chi connectivity index (χ3n) is 5.43. The van der Waals surface area contributed by atoms with E-state index >= 15 is 0 Å². The van der Waals surface area contributed by atoms with Crippen molar-refractivity contribution in [2.45, 2.75) is 37.9 Å². The van der Waals surface area contributed by atoms with Gasteiger partial charge >= 0.3 is 0 Å². The maximum absolute atomic E-state index is 12.9. The summed E-state index contributed by atoms with van der Waals surface area (Å²) in [4.78, 5) is 16.9. The first kappa shape index (κ1) is 22.5. The molecule has 1 fully saturated rings. The number of benzene rings is 2. The van der Waals surface area contributed by atoms with Crippen molar-refractivity contribution in [3.05, 3.63) is 65.9 Å². The molecule has 0 unspecified atom stereocenters. The van der Waals surface area contributed by atoms with Crippen molar-refractivity contribution in [3.63, 3.8) is 0 Å². The van der Waals surface area contributed by atoms with Crippen molar-refractivity contribution in [1.82, 2.24) is 14.5 Å². The summed E-state index contributed by atoms with van der Waals surface area (Å²) in [6.45, 7) is 8.68. The van der Waals surface area contributed by atoms with E-state index in [1.54, 1.807) is 25.7 Å². The van der Waals surface area contributed by atoms with Gasteiger partial charge in [-0.2, -0.15) is 0 Å². The lowest BCUT2D eigenvalue weighted by Gasteiger charge is -2.34. The van der Waals surface area contributed by atoms with Gasteiger partial charge in [0.25, 0.3) is 15.9 Å². The van der Waals surface area contributed by atoms with Gasteiger partial charge in [0.1, 0.15) is 0 Å². The molecule has 2 aromatic carbocycles. The molecule has 1 amide bonds. The van der Waals surface area contributed by atoms with E-state index in [0.717, 1.165) is 19.6 Å². The summed E-state index contributed by atoms with van der Waals surface area (Å²) in [6.07, 6.45) is 0. The molecule has 0 spiro atoms. The Kier molecular flexibility index (Phi) is 6.11. The first-order chi connectivity index (χ1) is 15.1. The van der Waals surface area contributed by atoms with E-state index in [0.29, 0.717) is 13.1 Å². The van der Waals surface area contributed by atoms with E-state index in [4.69, 9.17) is 4.42 Å². The monoisotopic (exact) mass is 455 g/mol. The number of hydrogen-bond acceptors (Lipinski definition) is 5. The highest BCUT2D eigenvalue weighted by Crippen LogP contribution is 2.22. The van der Waals surface area contributed by atoms with Crippen molar-refractivity contribution < 1.29 is 17.6 Å². The number of rotatable bonds is 5. The number of piperazine rings is 1. The topological polar surface area (TPSA) is 82.9 Å². The molecule has 3 aromatic rings. The highest BCUT2D eigenvalue weighted by molar-refractivity contribution is 7.89. The Morgan fingerprint density at radius 2 is 1.66 bits per heavy atom. The molecule has 1 saturated heterocycles. The molecule has 8 heteroatoms. The van der Waals surface area contributed by atoms with Crippen LogP contribution in [0.5, 0.6) is 0 Å². The van der Waals surface area contributed by atoms with E-state index < -0.39 is 15.6 Å². The molecular formula is C24H29N3O4S. The van der Waals surface area contributed by atoms with E-state index in [-0.39, 0.29) is 16.8 Å². The molecule has 0 saturated carbocycles. The predicted molar refractivity (Wildman–Crippen MR) is 124 cm³/mol. The highest BCUT2D eigenvalue weighted by Gasteiger charge is 2.29. The standard InChI is InChI=1S/C24H29N3O4S/c1-24(2,3)25-32(29,30)22-12-11-21(31-22)23(28)27-15-13-26(14-16-27)17-19-9-6-8-18-7-4-5-10-20(18)19/h4-12,25H,13-17H2,1-3H3. The number of carbonyl (C=O) groups excluding carboxylic acids is 1. The average molecular weight is 456 g/mol. The molecule has 0 bridgehead atoms. The average Bonchev–Trinajstić information content (AvgIpc) is 3.24. The Morgan fingerprint density at radius 1 is 0.969 bits per heavy atom. The zero-order valence-corrected chi connectivity index (χ0v) is 19.5. The zero-order chi connectivity index (χ0) is 22.9. The third kappa shape index (κ3) is 5.03. The number of nitrogens with zero attached hydrogens (tertiary/aromatic N) is 2. The number of hydrogen-bond donors (Lipinski definition) is 1. The summed E-state index contributed by atoms with van der Waals surface area (Å²) in [5.74, 6) is -0.242. The molecule has 1 aliphatic heterocycles. The maximum atomic E-state index is 12.9. The van der Waals surface area contributed by atoms with Gasteiger partial charge in [-0.05, 0) is 49.2 Å². The lowest BCUT2D eigenvalue weighted by Crippen LogP contribution is -2.48. The Morgan fingerprint density at radius 3 is 2.38 bits per heavy atom. The van der Waals surface area contributed by atoms with Crippen LogP contribution in [0.2, 0.25) is 0 Å². The quantitative estimate of drug-likeness (QED) is 0.637. The van der Waals surface area contributed by atoms with Gasteiger partial charge in [-0.3, -0.25) is 9.69 Å². The molecule has 32 heavy (non-hydrogen) atoms. The number of furan rings is 1. The van der Waals surface area contributed by atoms with Crippen LogP contribution < -0.4 is 4.72 Å². The van der Waals surface area contributed by atoms with Crippen molar-refractivity contribution >= 4 is 26.7 Å². The highest BCUT2D eigenvalue weighted by atomic mass is 32.2. The fourth-order valence-corrected chi connectivity index (χ4v) is 5.32. The number of carbonyl (C=O) groups is 1. The van der Waals surface area contributed by atoms with Crippen molar-refractivity contribution in [3.8, 4) is 0 Å². The Bertz CT molecular complexity index is 1210. The zero-order valence-electron chi connectivity index (χ0n) is 18.7.